The molecule has 0 radical (unpaired) electrons. The Bertz CT molecular complexity index is 406. The second kappa shape index (κ2) is 4.61. The molecule has 1 amide bonds. The summed E-state index contributed by atoms with van der Waals surface area (Å²) in [5, 5.41) is 5.69. The highest BCUT2D eigenvalue weighted by molar-refractivity contribution is 5.77. The Morgan fingerprint density at radius 1 is 1.56 bits per heavy atom. The maximum atomic E-state index is 13.1. The zero-order valence-corrected chi connectivity index (χ0v) is 9.22. The van der Waals surface area contributed by atoms with Crippen LogP contribution in [0.2, 0.25) is 0 Å². The summed E-state index contributed by atoms with van der Waals surface area (Å²) >= 11 is 0. The molecule has 0 aromatic heterocycles. The number of rotatable bonds is 3. The van der Waals surface area contributed by atoms with Gasteiger partial charge in [0.1, 0.15) is 5.82 Å². The largest absolute Gasteiger partial charge is 0.358 e. The topological polar surface area (TPSA) is 41.1 Å². The van der Waals surface area contributed by atoms with E-state index in [2.05, 4.69) is 10.6 Å². The zero-order valence-electron chi connectivity index (χ0n) is 9.22. The van der Waals surface area contributed by atoms with Gasteiger partial charge in [-0.3, -0.25) is 4.79 Å². The SMILES string of the molecule is CNC(=O)CNC1CCc2ccc(F)cc21. The van der Waals surface area contributed by atoms with Gasteiger partial charge in [-0.15, -0.1) is 0 Å². The monoisotopic (exact) mass is 222 g/mol. The molecule has 0 bridgehead atoms. The van der Waals surface area contributed by atoms with Crippen LogP contribution in [0.1, 0.15) is 23.6 Å². The first-order valence-electron chi connectivity index (χ1n) is 5.43. The van der Waals surface area contributed by atoms with E-state index in [4.69, 9.17) is 0 Å². The molecular weight excluding hydrogens is 207 g/mol. The Hall–Kier alpha value is -1.42. The van der Waals surface area contributed by atoms with Gasteiger partial charge in [0.25, 0.3) is 0 Å². The Kier molecular flexibility index (Phi) is 3.19. The van der Waals surface area contributed by atoms with Gasteiger partial charge in [-0.25, -0.2) is 4.39 Å². The molecule has 1 aromatic rings. The van der Waals surface area contributed by atoms with Gasteiger partial charge in [-0.2, -0.15) is 0 Å². The van der Waals surface area contributed by atoms with Crippen LogP contribution in [-0.2, 0) is 11.2 Å². The van der Waals surface area contributed by atoms with Crippen LogP contribution in [-0.4, -0.2) is 19.5 Å². The number of hydrogen-bond donors (Lipinski definition) is 2. The lowest BCUT2D eigenvalue weighted by Gasteiger charge is -2.13. The summed E-state index contributed by atoms with van der Waals surface area (Å²) in [7, 11) is 1.60. The summed E-state index contributed by atoms with van der Waals surface area (Å²) in [5.74, 6) is -0.266. The average molecular weight is 222 g/mol. The van der Waals surface area contributed by atoms with Gasteiger partial charge in [0, 0.05) is 13.1 Å². The number of aryl methyl sites for hydroxylation is 1. The minimum absolute atomic E-state index is 0.0511. The number of carbonyl (C=O) groups is 1. The van der Waals surface area contributed by atoms with E-state index in [1.54, 1.807) is 13.1 Å². The molecule has 16 heavy (non-hydrogen) atoms. The molecule has 0 heterocycles. The molecule has 0 aliphatic heterocycles. The van der Waals surface area contributed by atoms with Crippen molar-refractivity contribution < 1.29 is 9.18 Å². The average Bonchev–Trinajstić information content (AvgIpc) is 2.68. The first-order valence-corrected chi connectivity index (χ1v) is 5.43. The van der Waals surface area contributed by atoms with Crippen LogP contribution in [0.5, 0.6) is 0 Å². The molecule has 1 unspecified atom stereocenters. The van der Waals surface area contributed by atoms with Gasteiger partial charge in [-0.1, -0.05) is 6.07 Å². The van der Waals surface area contributed by atoms with Crippen LogP contribution in [0.3, 0.4) is 0 Å². The van der Waals surface area contributed by atoms with Crippen molar-refractivity contribution in [3.8, 4) is 0 Å². The normalized spacial score (nSPS) is 18.2. The van der Waals surface area contributed by atoms with Gasteiger partial charge < -0.3 is 10.6 Å². The van der Waals surface area contributed by atoms with Crippen molar-refractivity contribution in [2.24, 2.45) is 0 Å². The van der Waals surface area contributed by atoms with E-state index in [0.29, 0.717) is 0 Å². The van der Waals surface area contributed by atoms with Gasteiger partial charge in [0.15, 0.2) is 0 Å². The standard InChI is InChI=1S/C12H15FN2O/c1-14-12(16)7-15-11-5-3-8-2-4-9(13)6-10(8)11/h2,4,6,11,15H,3,5,7H2,1H3,(H,14,16). The van der Waals surface area contributed by atoms with E-state index in [-0.39, 0.29) is 24.3 Å². The van der Waals surface area contributed by atoms with Crippen molar-refractivity contribution >= 4 is 5.91 Å². The van der Waals surface area contributed by atoms with Gasteiger partial charge in [0.2, 0.25) is 5.91 Å². The smallest absolute Gasteiger partial charge is 0.233 e. The molecule has 86 valence electrons. The maximum Gasteiger partial charge on any atom is 0.233 e. The van der Waals surface area contributed by atoms with Crippen molar-refractivity contribution in [2.75, 3.05) is 13.6 Å². The second-order valence-corrected chi connectivity index (χ2v) is 3.99. The van der Waals surface area contributed by atoms with E-state index in [0.717, 1.165) is 18.4 Å². The summed E-state index contributed by atoms with van der Waals surface area (Å²) < 4.78 is 13.1. The van der Waals surface area contributed by atoms with E-state index in [9.17, 15) is 9.18 Å². The highest BCUT2D eigenvalue weighted by Gasteiger charge is 2.22. The lowest BCUT2D eigenvalue weighted by atomic mass is 10.1. The number of halogens is 1. The predicted molar refractivity (Wildman–Crippen MR) is 59.5 cm³/mol. The molecule has 2 rings (SSSR count). The first kappa shape index (κ1) is 11.1. The Morgan fingerprint density at radius 2 is 2.38 bits per heavy atom. The van der Waals surface area contributed by atoms with Crippen LogP contribution in [0.15, 0.2) is 18.2 Å². The van der Waals surface area contributed by atoms with Crippen molar-refractivity contribution in [2.45, 2.75) is 18.9 Å². The molecule has 0 spiro atoms. The van der Waals surface area contributed by atoms with Crippen LogP contribution in [0, 0.1) is 5.82 Å². The minimum Gasteiger partial charge on any atom is -0.358 e. The van der Waals surface area contributed by atoms with Crippen molar-refractivity contribution in [1.29, 1.82) is 0 Å². The number of fused-ring (bicyclic) bond motifs is 1. The Balaban J connectivity index is 2.05. The molecule has 1 aliphatic rings. The quantitative estimate of drug-likeness (QED) is 0.805. The van der Waals surface area contributed by atoms with Crippen LogP contribution in [0.25, 0.3) is 0 Å². The Morgan fingerprint density at radius 3 is 3.12 bits per heavy atom. The van der Waals surface area contributed by atoms with E-state index < -0.39 is 0 Å². The van der Waals surface area contributed by atoms with Gasteiger partial charge in [-0.05, 0) is 36.1 Å². The van der Waals surface area contributed by atoms with Crippen molar-refractivity contribution in [3.63, 3.8) is 0 Å². The second-order valence-electron chi connectivity index (χ2n) is 3.99. The summed E-state index contributed by atoms with van der Waals surface area (Å²) in [5.41, 5.74) is 2.17. The molecule has 3 nitrogen and oxygen atoms in total. The van der Waals surface area contributed by atoms with Crippen molar-refractivity contribution in [1.82, 2.24) is 10.6 Å². The highest BCUT2D eigenvalue weighted by Crippen LogP contribution is 2.31. The molecular formula is C12H15FN2O. The fourth-order valence-corrected chi connectivity index (χ4v) is 2.09. The summed E-state index contributed by atoms with van der Waals surface area (Å²) in [6.45, 7) is 0.275. The Labute approximate surface area is 94.0 Å². The van der Waals surface area contributed by atoms with Crippen molar-refractivity contribution in [3.05, 3.63) is 35.1 Å². The molecule has 2 N–H and O–H groups in total. The molecule has 0 fully saturated rings. The zero-order chi connectivity index (χ0) is 11.5. The molecule has 1 aromatic carbocycles. The fraction of sp³-hybridized carbons (Fsp3) is 0.417. The lowest BCUT2D eigenvalue weighted by molar-refractivity contribution is -0.119. The molecule has 4 heteroatoms. The summed E-state index contributed by atoms with van der Waals surface area (Å²) in [4.78, 5) is 11.1. The van der Waals surface area contributed by atoms with E-state index >= 15 is 0 Å². The number of carbonyl (C=O) groups excluding carboxylic acids is 1. The molecule has 0 saturated heterocycles. The van der Waals surface area contributed by atoms with Gasteiger partial charge in [0.05, 0.1) is 6.54 Å². The summed E-state index contributed by atoms with van der Waals surface area (Å²) in [6, 6.07) is 4.97. The third kappa shape index (κ3) is 2.22. The summed E-state index contributed by atoms with van der Waals surface area (Å²) in [6.07, 6.45) is 1.87. The number of amides is 1. The number of nitrogens with one attached hydrogen (secondary N) is 2. The maximum absolute atomic E-state index is 13.1. The highest BCUT2D eigenvalue weighted by atomic mass is 19.1. The number of hydrogen-bond acceptors (Lipinski definition) is 2. The number of benzene rings is 1. The van der Waals surface area contributed by atoms with E-state index in [1.807, 2.05) is 6.07 Å². The third-order valence-corrected chi connectivity index (χ3v) is 2.97. The van der Waals surface area contributed by atoms with Gasteiger partial charge >= 0.3 is 0 Å². The molecule has 0 saturated carbocycles. The first-order chi connectivity index (χ1) is 7.70. The number of likely N-dealkylation sites (N-methyl/N-ethyl adjacent to an activating group) is 1. The van der Waals surface area contributed by atoms with Crippen LogP contribution >= 0.6 is 0 Å². The third-order valence-electron chi connectivity index (χ3n) is 2.97. The predicted octanol–water partition coefficient (Wildman–Crippen LogP) is 1.15. The minimum atomic E-state index is -0.215. The molecule has 1 aliphatic carbocycles. The van der Waals surface area contributed by atoms with E-state index in [1.165, 1.54) is 11.6 Å². The van der Waals surface area contributed by atoms with Crippen LogP contribution < -0.4 is 10.6 Å². The van der Waals surface area contributed by atoms with Crippen LogP contribution in [0.4, 0.5) is 4.39 Å². The molecule has 1 atom stereocenters. The lowest BCUT2D eigenvalue weighted by Crippen LogP contribution is -2.33. The fourth-order valence-electron chi connectivity index (χ4n) is 2.09.